The summed E-state index contributed by atoms with van der Waals surface area (Å²) in [6.45, 7) is 22.2. The molecule has 0 saturated heterocycles. The Morgan fingerprint density at radius 3 is 2.04 bits per heavy atom. The molecular weight excluding hydrogens is 312 g/mol. The minimum absolute atomic E-state index is 0.340. The Bertz CT molecular complexity index is 848. The van der Waals surface area contributed by atoms with Crippen LogP contribution in [0.25, 0.3) is 29.0 Å². The summed E-state index contributed by atoms with van der Waals surface area (Å²) in [5.74, 6) is 0.340. The molecule has 0 saturated carbocycles. The topological polar surface area (TPSA) is 0 Å². The number of benzene rings is 2. The standard InChI is InChI=1S/C22H24.2C2H6/c1-6-9-10-19-13-14-20(15-16(4)7-2)22-18(8-3)12-11-17(5)21(19)22;2*1-2/h6-16H,2-3H2,1,4-5H3;2*1-2H3/b9-6-,19-10-,20-15-;;. The average molecular weight is 349 g/mol. The molecule has 0 radical (unpaired) electrons. The molecule has 0 N–H and O–H groups in total. The fourth-order valence-electron chi connectivity index (χ4n) is 2.75. The minimum Gasteiger partial charge on any atom is -0.102 e. The van der Waals surface area contributed by atoms with Crippen molar-refractivity contribution in [3.05, 3.63) is 77.2 Å². The number of fused-ring (bicyclic) bond motifs is 1. The maximum absolute atomic E-state index is 3.98. The predicted molar refractivity (Wildman–Crippen MR) is 124 cm³/mol. The molecule has 2 aromatic rings. The van der Waals surface area contributed by atoms with Crippen LogP contribution >= 0.6 is 0 Å². The van der Waals surface area contributed by atoms with E-state index in [-0.39, 0.29) is 0 Å². The van der Waals surface area contributed by atoms with E-state index in [2.05, 4.69) is 75.6 Å². The second-order valence-corrected chi connectivity index (χ2v) is 5.62. The van der Waals surface area contributed by atoms with Gasteiger partial charge in [-0.1, -0.05) is 102 Å². The Balaban J connectivity index is 0.00000146. The van der Waals surface area contributed by atoms with E-state index >= 15 is 0 Å². The first-order valence-corrected chi connectivity index (χ1v) is 9.74. The molecule has 0 heterocycles. The number of allylic oxidation sites excluding steroid dienone is 3. The van der Waals surface area contributed by atoms with Crippen molar-refractivity contribution in [1.29, 1.82) is 0 Å². The molecule has 0 heteroatoms. The summed E-state index contributed by atoms with van der Waals surface area (Å²) in [5.41, 5.74) is 2.47. The molecule has 0 aromatic heterocycles. The highest BCUT2D eigenvalue weighted by Crippen LogP contribution is 2.18. The van der Waals surface area contributed by atoms with Crippen molar-refractivity contribution in [1.82, 2.24) is 0 Å². The molecule has 140 valence electrons. The normalized spacial score (nSPS) is 12.9. The van der Waals surface area contributed by atoms with Crippen molar-refractivity contribution in [2.24, 2.45) is 5.92 Å². The minimum atomic E-state index is 0.340. The lowest BCUT2D eigenvalue weighted by molar-refractivity contribution is 1.00. The number of aryl methyl sites for hydroxylation is 1. The van der Waals surface area contributed by atoms with Gasteiger partial charge in [-0.2, -0.15) is 0 Å². The summed E-state index contributed by atoms with van der Waals surface area (Å²) >= 11 is 0. The second-order valence-electron chi connectivity index (χ2n) is 5.62. The highest BCUT2D eigenvalue weighted by atomic mass is 14.1. The monoisotopic (exact) mass is 348 g/mol. The van der Waals surface area contributed by atoms with Crippen LogP contribution in [0.15, 0.2) is 55.7 Å². The Hall–Kier alpha value is -2.34. The fourth-order valence-corrected chi connectivity index (χ4v) is 2.75. The molecule has 0 spiro atoms. The Morgan fingerprint density at radius 2 is 1.50 bits per heavy atom. The van der Waals surface area contributed by atoms with Gasteiger partial charge in [0.2, 0.25) is 0 Å². The summed E-state index contributed by atoms with van der Waals surface area (Å²) in [4.78, 5) is 0. The molecule has 2 aromatic carbocycles. The molecule has 0 amide bonds. The lowest BCUT2D eigenvalue weighted by atomic mass is 9.95. The summed E-state index contributed by atoms with van der Waals surface area (Å²) in [6.07, 6.45) is 12.5. The second kappa shape index (κ2) is 12.9. The molecule has 2 rings (SSSR count). The van der Waals surface area contributed by atoms with E-state index in [1.807, 2.05) is 46.8 Å². The summed E-state index contributed by atoms with van der Waals surface area (Å²) in [6, 6.07) is 8.72. The SMILES string of the molecule is C=Cc1ccc(C)c2/c(=C\C=C/C)cc/c(=C/C(C)C=C)c12.CC.CC. The van der Waals surface area contributed by atoms with Crippen LogP contribution in [0.3, 0.4) is 0 Å². The van der Waals surface area contributed by atoms with Gasteiger partial charge in [0.25, 0.3) is 0 Å². The van der Waals surface area contributed by atoms with Gasteiger partial charge in [0.15, 0.2) is 0 Å². The fraction of sp³-hybridized carbons (Fsp3) is 0.308. The van der Waals surface area contributed by atoms with Crippen molar-refractivity contribution in [3.8, 4) is 0 Å². The van der Waals surface area contributed by atoms with E-state index in [0.29, 0.717) is 5.92 Å². The van der Waals surface area contributed by atoms with E-state index in [1.54, 1.807) is 0 Å². The van der Waals surface area contributed by atoms with Crippen molar-refractivity contribution < 1.29 is 0 Å². The Labute approximate surface area is 161 Å². The molecule has 0 bridgehead atoms. The molecular formula is C26H36. The van der Waals surface area contributed by atoms with Crippen LogP contribution in [0.2, 0.25) is 0 Å². The van der Waals surface area contributed by atoms with Gasteiger partial charge in [-0.3, -0.25) is 0 Å². The van der Waals surface area contributed by atoms with Crippen molar-refractivity contribution >= 4 is 29.0 Å². The van der Waals surface area contributed by atoms with Gasteiger partial charge in [-0.05, 0) is 52.1 Å². The van der Waals surface area contributed by atoms with Crippen molar-refractivity contribution in [2.75, 3.05) is 0 Å². The molecule has 1 atom stereocenters. The van der Waals surface area contributed by atoms with Crippen molar-refractivity contribution in [3.63, 3.8) is 0 Å². The maximum atomic E-state index is 3.98. The van der Waals surface area contributed by atoms with Crippen LogP contribution < -0.4 is 10.4 Å². The first kappa shape index (κ1) is 23.7. The molecule has 0 fully saturated rings. The van der Waals surface area contributed by atoms with E-state index in [1.165, 1.54) is 32.3 Å². The van der Waals surface area contributed by atoms with Gasteiger partial charge in [-0.25, -0.2) is 0 Å². The first-order valence-electron chi connectivity index (χ1n) is 9.74. The largest absolute Gasteiger partial charge is 0.102 e. The average Bonchev–Trinajstić information content (AvgIpc) is 2.70. The highest BCUT2D eigenvalue weighted by molar-refractivity contribution is 5.94. The van der Waals surface area contributed by atoms with Gasteiger partial charge in [0.05, 0.1) is 0 Å². The summed E-state index contributed by atoms with van der Waals surface area (Å²) in [7, 11) is 0. The lowest BCUT2D eigenvalue weighted by Crippen LogP contribution is -2.14. The zero-order valence-corrected chi connectivity index (χ0v) is 17.8. The zero-order chi connectivity index (χ0) is 20.1. The van der Waals surface area contributed by atoms with Crippen LogP contribution in [0.4, 0.5) is 0 Å². The smallest absolute Gasteiger partial charge is 0.00334 e. The van der Waals surface area contributed by atoms with E-state index in [9.17, 15) is 0 Å². The molecule has 26 heavy (non-hydrogen) atoms. The third-order valence-corrected chi connectivity index (χ3v) is 3.97. The summed E-state index contributed by atoms with van der Waals surface area (Å²) < 4.78 is 0. The van der Waals surface area contributed by atoms with Crippen molar-refractivity contribution in [2.45, 2.75) is 48.5 Å². The number of rotatable bonds is 4. The van der Waals surface area contributed by atoms with Crippen LogP contribution in [0, 0.1) is 12.8 Å². The molecule has 0 nitrogen and oxygen atoms in total. The summed E-state index contributed by atoms with van der Waals surface area (Å²) in [5, 5.41) is 5.08. The van der Waals surface area contributed by atoms with E-state index < -0.39 is 0 Å². The zero-order valence-electron chi connectivity index (χ0n) is 17.8. The van der Waals surface area contributed by atoms with Gasteiger partial charge in [0, 0.05) is 0 Å². The quantitative estimate of drug-likeness (QED) is 0.533. The van der Waals surface area contributed by atoms with Crippen LogP contribution in [0.1, 0.15) is 52.7 Å². The van der Waals surface area contributed by atoms with Gasteiger partial charge in [0.1, 0.15) is 0 Å². The first-order chi connectivity index (χ1) is 12.6. The molecule has 0 aliphatic carbocycles. The van der Waals surface area contributed by atoms with Gasteiger partial charge in [-0.15, -0.1) is 6.58 Å². The Morgan fingerprint density at radius 1 is 0.885 bits per heavy atom. The van der Waals surface area contributed by atoms with Crippen LogP contribution in [0.5, 0.6) is 0 Å². The predicted octanol–water partition coefficient (Wildman–Crippen LogP) is 6.80. The number of hydrogen-bond donors (Lipinski definition) is 0. The molecule has 0 aliphatic rings. The third kappa shape index (κ3) is 5.88. The molecule has 0 aliphatic heterocycles. The third-order valence-electron chi connectivity index (χ3n) is 3.97. The Kier molecular flexibility index (Phi) is 11.8. The highest BCUT2D eigenvalue weighted by Gasteiger charge is 2.05. The lowest BCUT2D eigenvalue weighted by Gasteiger charge is -2.09. The molecule has 1 unspecified atom stereocenters. The maximum Gasteiger partial charge on any atom is -0.00334 e. The van der Waals surface area contributed by atoms with Gasteiger partial charge < -0.3 is 0 Å². The van der Waals surface area contributed by atoms with E-state index in [0.717, 1.165) is 0 Å². The van der Waals surface area contributed by atoms with Crippen LogP contribution in [-0.4, -0.2) is 0 Å². The van der Waals surface area contributed by atoms with Gasteiger partial charge >= 0.3 is 0 Å². The van der Waals surface area contributed by atoms with E-state index in [4.69, 9.17) is 0 Å². The van der Waals surface area contributed by atoms with Crippen LogP contribution in [-0.2, 0) is 0 Å². The number of hydrogen-bond acceptors (Lipinski definition) is 0.